The summed E-state index contributed by atoms with van der Waals surface area (Å²) >= 11 is 0. The molecule has 0 fully saturated rings. The number of hydrogen-bond acceptors (Lipinski definition) is 5. The Morgan fingerprint density at radius 2 is 2.06 bits per heavy atom. The van der Waals surface area contributed by atoms with Crippen molar-refractivity contribution in [2.45, 2.75) is 26.8 Å². The number of aromatic nitrogens is 2. The first-order valence-corrected chi connectivity index (χ1v) is 5.80. The number of nitrogens with zero attached hydrogens (tertiary/aromatic N) is 3. The van der Waals surface area contributed by atoms with Crippen molar-refractivity contribution in [2.24, 2.45) is 5.92 Å². The van der Waals surface area contributed by atoms with Gasteiger partial charge in [0, 0.05) is 18.9 Å². The molecule has 1 amide bonds. The summed E-state index contributed by atoms with van der Waals surface area (Å²) < 4.78 is 0. The molecule has 1 atom stereocenters. The Bertz CT molecular complexity index is 452. The highest BCUT2D eigenvalue weighted by atomic mass is 16.2. The molecule has 0 saturated heterocycles. The maximum absolute atomic E-state index is 11.7. The van der Waals surface area contributed by atoms with Crippen molar-refractivity contribution >= 4 is 11.7 Å². The molecule has 1 unspecified atom stereocenters. The molecular weight excluding hydrogens is 230 g/mol. The monoisotopic (exact) mass is 247 g/mol. The Kier molecular flexibility index (Phi) is 5.06. The largest absolute Gasteiger partial charge is 0.356 e. The van der Waals surface area contributed by atoms with Gasteiger partial charge in [-0.25, -0.2) is 9.97 Å². The molecule has 0 aromatic carbocycles. The summed E-state index contributed by atoms with van der Waals surface area (Å²) in [6.45, 7) is 6.38. The van der Waals surface area contributed by atoms with E-state index in [4.69, 9.17) is 5.26 Å². The molecule has 0 aliphatic rings. The van der Waals surface area contributed by atoms with Crippen molar-refractivity contribution in [2.75, 3.05) is 11.9 Å². The molecule has 18 heavy (non-hydrogen) atoms. The van der Waals surface area contributed by atoms with Crippen LogP contribution >= 0.6 is 0 Å². The van der Waals surface area contributed by atoms with Crippen LogP contribution in [-0.4, -0.2) is 28.5 Å². The molecule has 1 aromatic heterocycles. The Morgan fingerprint density at radius 3 is 2.67 bits per heavy atom. The number of anilines is 1. The number of carbonyl (C=O) groups excluding carboxylic acids is 1. The summed E-state index contributed by atoms with van der Waals surface area (Å²) in [6, 6.07) is 1.46. The van der Waals surface area contributed by atoms with Gasteiger partial charge in [-0.05, 0) is 12.8 Å². The first-order chi connectivity index (χ1) is 8.54. The Labute approximate surface area is 106 Å². The first-order valence-electron chi connectivity index (χ1n) is 5.80. The molecular formula is C12H17N5O. The van der Waals surface area contributed by atoms with Gasteiger partial charge >= 0.3 is 0 Å². The molecule has 2 N–H and O–H groups in total. The highest BCUT2D eigenvalue weighted by Crippen LogP contribution is 2.08. The first kappa shape index (κ1) is 13.9. The zero-order valence-corrected chi connectivity index (χ0v) is 10.8. The van der Waals surface area contributed by atoms with Gasteiger partial charge in [0.2, 0.25) is 5.91 Å². The zero-order chi connectivity index (χ0) is 13.5. The number of amides is 1. The van der Waals surface area contributed by atoms with Crippen molar-refractivity contribution in [1.29, 1.82) is 5.26 Å². The van der Waals surface area contributed by atoms with Crippen molar-refractivity contribution in [3.63, 3.8) is 0 Å². The number of nitriles is 1. The molecule has 0 bridgehead atoms. The van der Waals surface area contributed by atoms with Crippen LogP contribution in [0.3, 0.4) is 0 Å². The van der Waals surface area contributed by atoms with Gasteiger partial charge in [-0.15, -0.1) is 0 Å². The van der Waals surface area contributed by atoms with E-state index >= 15 is 0 Å². The van der Waals surface area contributed by atoms with Gasteiger partial charge in [-0.3, -0.25) is 4.79 Å². The van der Waals surface area contributed by atoms with Crippen LogP contribution in [0.5, 0.6) is 0 Å². The summed E-state index contributed by atoms with van der Waals surface area (Å²) in [4.78, 5) is 19.6. The van der Waals surface area contributed by atoms with E-state index < -0.39 is 6.04 Å². The number of rotatable bonds is 5. The van der Waals surface area contributed by atoms with Crippen LogP contribution in [0.1, 0.15) is 26.5 Å². The van der Waals surface area contributed by atoms with Gasteiger partial charge in [0.1, 0.15) is 12.1 Å². The van der Waals surface area contributed by atoms with Crippen molar-refractivity contribution in [1.82, 2.24) is 15.3 Å². The normalized spacial score (nSPS) is 11.7. The van der Waals surface area contributed by atoms with Crippen molar-refractivity contribution in [3.05, 3.63) is 18.1 Å². The summed E-state index contributed by atoms with van der Waals surface area (Å²) in [7, 11) is 0. The van der Waals surface area contributed by atoms with Crippen LogP contribution in [0, 0.1) is 17.2 Å². The topological polar surface area (TPSA) is 90.7 Å². The fourth-order valence-electron chi connectivity index (χ4n) is 1.25. The van der Waals surface area contributed by atoms with E-state index in [-0.39, 0.29) is 11.6 Å². The second-order valence-electron chi connectivity index (χ2n) is 4.37. The van der Waals surface area contributed by atoms with E-state index in [2.05, 4.69) is 20.6 Å². The fourth-order valence-corrected chi connectivity index (χ4v) is 1.25. The molecule has 0 radical (unpaired) electrons. The molecule has 0 spiro atoms. The molecule has 6 nitrogen and oxygen atoms in total. The maximum Gasteiger partial charge on any atom is 0.242 e. The van der Waals surface area contributed by atoms with Gasteiger partial charge in [0.25, 0.3) is 0 Å². The third kappa shape index (κ3) is 4.01. The Morgan fingerprint density at radius 1 is 1.39 bits per heavy atom. The van der Waals surface area contributed by atoms with E-state index in [1.54, 1.807) is 6.92 Å². The average Bonchev–Trinajstić information content (AvgIpc) is 2.36. The standard InChI is InChI=1S/C12H17N5O/c1-8(2)7-16-12(18)9(3)17-11-10(6-13)14-4-5-15-11/h4-5,8-9H,7H2,1-3H3,(H,15,17)(H,16,18). The highest BCUT2D eigenvalue weighted by molar-refractivity contribution is 5.84. The Hall–Kier alpha value is -2.16. The van der Waals surface area contributed by atoms with E-state index in [1.807, 2.05) is 19.9 Å². The molecule has 6 heteroatoms. The quantitative estimate of drug-likeness (QED) is 0.807. The van der Waals surface area contributed by atoms with Crippen LogP contribution in [-0.2, 0) is 4.79 Å². The smallest absolute Gasteiger partial charge is 0.242 e. The third-order valence-corrected chi connectivity index (χ3v) is 2.24. The van der Waals surface area contributed by atoms with Crippen molar-refractivity contribution in [3.8, 4) is 6.07 Å². The van der Waals surface area contributed by atoms with Crippen LogP contribution < -0.4 is 10.6 Å². The van der Waals surface area contributed by atoms with Crippen molar-refractivity contribution < 1.29 is 4.79 Å². The van der Waals surface area contributed by atoms with Crippen LogP contribution in [0.15, 0.2) is 12.4 Å². The number of hydrogen-bond donors (Lipinski definition) is 2. The lowest BCUT2D eigenvalue weighted by Gasteiger charge is -2.15. The predicted octanol–water partition coefficient (Wildman–Crippen LogP) is 0.921. The minimum Gasteiger partial charge on any atom is -0.356 e. The minimum atomic E-state index is -0.465. The van der Waals surface area contributed by atoms with E-state index in [0.29, 0.717) is 18.3 Å². The number of carbonyl (C=O) groups is 1. The summed E-state index contributed by atoms with van der Waals surface area (Å²) in [5.41, 5.74) is 0.181. The molecule has 96 valence electrons. The molecule has 0 aliphatic heterocycles. The van der Waals surface area contributed by atoms with Gasteiger partial charge in [-0.2, -0.15) is 5.26 Å². The maximum atomic E-state index is 11.7. The average molecular weight is 247 g/mol. The molecule has 1 heterocycles. The molecule has 1 rings (SSSR count). The predicted molar refractivity (Wildman–Crippen MR) is 67.7 cm³/mol. The van der Waals surface area contributed by atoms with Crippen LogP contribution in [0.4, 0.5) is 5.82 Å². The van der Waals surface area contributed by atoms with Crippen LogP contribution in [0.25, 0.3) is 0 Å². The highest BCUT2D eigenvalue weighted by Gasteiger charge is 2.15. The van der Waals surface area contributed by atoms with Gasteiger partial charge < -0.3 is 10.6 Å². The Balaban J connectivity index is 2.61. The summed E-state index contributed by atoms with van der Waals surface area (Å²) in [5.74, 6) is 0.595. The second kappa shape index (κ2) is 6.55. The van der Waals surface area contributed by atoms with Gasteiger partial charge in [0.15, 0.2) is 11.5 Å². The lowest BCUT2D eigenvalue weighted by Crippen LogP contribution is -2.39. The molecule has 1 aromatic rings. The van der Waals surface area contributed by atoms with Gasteiger partial charge in [-0.1, -0.05) is 13.8 Å². The van der Waals surface area contributed by atoms with E-state index in [0.717, 1.165) is 0 Å². The minimum absolute atomic E-state index is 0.127. The lowest BCUT2D eigenvalue weighted by molar-refractivity contribution is -0.121. The molecule has 0 saturated carbocycles. The summed E-state index contributed by atoms with van der Waals surface area (Å²) in [5, 5.41) is 14.5. The van der Waals surface area contributed by atoms with Crippen LogP contribution in [0.2, 0.25) is 0 Å². The lowest BCUT2D eigenvalue weighted by atomic mass is 10.2. The fraction of sp³-hybridized carbons (Fsp3) is 0.500. The summed E-state index contributed by atoms with van der Waals surface area (Å²) in [6.07, 6.45) is 2.91. The molecule has 0 aliphatic carbocycles. The SMILES string of the molecule is CC(C)CNC(=O)C(C)Nc1nccnc1C#N. The third-order valence-electron chi connectivity index (χ3n) is 2.24. The second-order valence-corrected chi connectivity index (χ2v) is 4.37. The number of nitrogens with one attached hydrogen (secondary N) is 2. The van der Waals surface area contributed by atoms with E-state index in [9.17, 15) is 4.79 Å². The van der Waals surface area contributed by atoms with E-state index in [1.165, 1.54) is 12.4 Å². The van der Waals surface area contributed by atoms with Gasteiger partial charge in [0.05, 0.1) is 0 Å². The zero-order valence-electron chi connectivity index (χ0n) is 10.8.